The first-order valence-corrected chi connectivity index (χ1v) is 10.0. The molecule has 0 spiro atoms. The van der Waals surface area contributed by atoms with Crippen molar-refractivity contribution in [3.05, 3.63) is 0 Å². The van der Waals surface area contributed by atoms with Crippen LogP contribution in [-0.4, -0.2) is 86.3 Å². The third-order valence-electron chi connectivity index (χ3n) is 4.63. The minimum Gasteiger partial charge on any atom is -0.379 e. The minimum atomic E-state index is 0.616. The van der Waals surface area contributed by atoms with E-state index >= 15 is 0 Å². The largest absolute Gasteiger partial charge is 0.379 e. The Kier molecular flexibility index (Phi) is 7.99. The summed E-state index contributed by atoms with van der Waals surface area (Å²) in [6, 6.07) is 0. The average molecular weight is 343 g/mol. The lowest BCUT2D eigenvalue weighted by Gasteiger charge is -2.37. The highest BCUT2D eigenvalue weighted by Gasteiger charge is 2.25. The van der Waals surface area contributed by atoms with Crippen molar-refractivity contribution in [1.29, 1.82) is 0 Å². The predicted octanol–water partition coefficient (Wildman–Crippen LogP) is 1.60. The molecule has 23 heavy (non-hydrogen) atoms. The monoisotopic (exact) mass is 342 g/mol. The van der Waals surface area contributed by atoms with Crippen molar-refractivity contribution in [3.63, 3.8) is 0 Å². The summed E-state index contributed by atoms with van der Waals surface area (Å²) in [7, 11) is 1.90. The van der Waals surface area contributed by atoms with Crippen LogP contribution in [-0.2, 0) is 4.74 Å². The summed E-state index contributed by atoms with van der Waals surface area (Å²) in [5.74, 6) is 3.61. The summed E-state index contributed by atoms with van der Waals surface area (Å²) in [5.41, 5.74) is 0. The van der Waals surface area contributed by atoms with Crippen LogP contribution in [0.1, 0.15) is 20.8 Å². The van der Waals surface area contributed by atoms with Gasteiger partial charge in [0.05, 0.1) is 13.2 Å². The molecule has 0 aromatic heterocycles. The van der Waals surface area contributed by atoms with Crippen LogP contribution in [0.25, 0.3) is 0 Å². The molecule has 134 valence electrons. The van der Waals surface area contributed by atoms with Crippen LogP contribution in [0, 0.1) is 11.8 Å². The van der Waals surface area contributed by atoms with Gasteiger partial charge in [-0.2, -0.15) is 11.8 Å². The standard InChI is InChI=1S/C17H34N4OS/c1-14(2)16-13-21(7-10-23-16)17(18-4)19-11-15(3)12-20-5-8-22-9-6-20/h14-16H,5-13H2,1-4H3,(H,18,19). The van der Waals surface area contributed by atoms with Crippen molar-refractivity contribution in [2.75, 3.05) is 65.3 Å². The fourth-order valence-electron chi connectivity index (χ4n) is 3.16. The zero-order valence-electron chi connectivity index (χ0n) is 15.3. The van der Waals surface area contributed by atoms with Crippen LogP contribution in [0.3, 0.4) is 0 Å². The quantitative estimate of drug-likeness (QED) is 0.607. The molecule has 2 fully saturated rings. The summed E-state index contributed by atoms with van der Waals surface area (Å²) < 4.78 is 5.42. The number of nitrogens with zero attached hydrogens (tertiary/aromatic N) is 3. The van der Waals surface area contributed by atoms with E-state index in [4.69, 9.17) is 4.74 Å². The molecule has 2 unspecified atom stereocenters. The van der Waals surface area contributed by atoms with Gasteiger partial charge in [0.15, 0.2) is 5.96 Å². The highest BCUT2D eigenvalue weighted by Crippen LogP contribution is 2.24. The molecule has 5 nitrogen and oxygen atoms in total. The molecule has 2 saturated heterocycles. The fourth-order valence-corrected chi connectivity index (χ4v) is 4.46. The van der Waals surface area contributed by atoms with Crippen LogP contribution in [0.4, 0.5) is 0 Å². The van der Waals surface area contributed by atoms with Crippen LogP contribution in [0.5, 0.6) is 0 Å². The normalized spacial score (nSPS) is 25.7. The Balaban J connectivity index is 1.75. The summed E-state index contributed by atoms with van der Waals surface area (Å²) in [5, 5.41) is 4.31. The first kappa shape index (κ1) is 18.9. The SMILES string of the molecule is CN=C(NCC(C)CN1CCOCC1)N1CCSC(C(C)C)C1. The number of ether oxygens (including phenoxy) is 1. The molecule has 0 saturated carbocycles. The third-order valence-corrected chi connectivity index (χ3v) is 6.17. The van der Waals surface area contributed by atoms with Gasteiger partial charge in [-0.15, -0.1) is 0 Å². The summed E-state index contributed by atoms with van der Waals surface area (Å²) in [6.07, 6.45) is 0. The molecule has 0 aromatic carbocycles. The average Bonchev–Trinajstić information content (AvgIpc) is 2.56. The number of thioether (sulfide) groups is 1. The number of hydrogen-bond acceptors (Lipinski definition) is 4. The fraction of sp³-hybridized carbons (Fsp3) is 0.941. The second kappa shape index (κ2) is 9.74. The van der Waals surface area contributed by atoms with Gasteiger partial charge >= 0.3 is 0 Å². The molecular weight excluding hydrogens is 308 g/mol. The van der Waals surface area contributed by atoms with Gasteiger partial charge in [-0.05, 0) is 11.8 Å². The smallest absolute Gasteiger partial charge is 0.193 e. The number of rotatable bonds is 5. The van der Waals surface area contributed by atoms with E-state index in [-0.39, 0.29) is 0 Å². The van der Waals surface area contributed by atoms with E-state index in [1.165, 1.54) is 5.75 Å². The summed E-state index contributed by atoms with van der Waals surface area (Å²) in [6.45, 7) is 15.2. The molecule has 2 atom stereocenters. The Labute approximate surface area is 146 Å². The minimum absolute atomic E-state index is 0.616. The highest BCUT2D eigenvalue weighted by molar-refractivity contribution is 8.00. The lowest BCUT2D eigenvalue weighted by molar-refractivity contribution is 0.0320. The second-order valence-corrected chi connectivity index (χ2v) is 8.39. The first-order valence-electron chi connectivity index (χ1n) is 8.97. The van der Waals surface area contributed by atoms with E-state index in [2.05, 4.69) is 52.6 Å². The molecule has 0 bridgehead atoms. The molecule has 0 amide bonds. The zero-order chi connectivity index (χ0) is 16.7. The Morgan fingerprint density at radius 3 is 2.65 bits per heavy atom. The summed E-state index contributed by atoms with van der Waals surface area (Å²) in [4.78, 5) is 9.45. The van der Waals surface area contributed by atoms with Gasteiger partial charge in [-0.1, -0.05) is 20.8 Å². The van der Waals surface area contributed by atoms with E-state index < -0.39 is 0 Å². The molecular formula is C17H34N4OS. The van der Waals surface area contributed by atoms with Gasteiger partial charge in [0.25, 0.3) is 0 Å². The van der Waals surface area contributed by atoms with Crippen molar-refractivity contribution in [2.45, 2.75) is 26.0 Å². The van der Waals surface area contributed by atoms with Crippen molar-refractivity contribution in [2.24, 2.45) is 16.8 Å². The van der Waals surface area contributed by atoms with Gasteiger partial charge in [-0.3, -0.25) is 9.89 Å². The molecule has 0 aliphatic carbocycles. The van der Waals surface area contributed by atoms with Gasteiger partial charge < -0.3 is 15.0 Å². The van der Waals surface area contributed by atoms with Crippen LogP contribution in [0.2, 0.25) is 0 Å². The lowest BCUT2D eigenvalue weighted by atomic mass is 10.1. The Bertz CT molecular complexity index is 372. The van der Waals surface area contributed by atoms with Gasteiger partial charge in [0.2, 0.25) is 0 Å². The maximum absolute atomic E-state index is 5.42. The van der Waals surface area contributed by atoms with Crippen LogP contribution >= 0.6 is 11.8 Å². The Morgan fingerprint density at radius 1 is 1.26 bits per heavy atom. The molecule has 6 heteroatoms. The van der Waals surface area contributed by atoms with Crippen molar-refractivity contribution in [1.82, 2.24) is 15.1 Å². The first-order chi connectivity index (χ1) is 11.1. The maximum Gasteiger partial charge on any atom is 0.193 e. The van der Waals surface area contributed by atoms with E-state index in [0.29, 0.717) is 11.2 Å². The number of hydrogen-bond donors (Lipinski definition) is 1. The number of nitrogens with one attached hydrogen (secondary N) is 1. The van der Waals surface area contributed by atoms with Crippen LogP contribution in [0.15, 0.2) is 4.99 Å². The number of morpholine rings is 1. The van der Waals surface area contributed by atoms with Gasteiger partial charge in [0, 0.05) is 57.3 Å². The van der Waals surface area contributed by atoms with Crippen LogP contribution < -0.4 is 5.32 Å². The molecule has 2 aliphatic rings. The number of aliphatic imine (C=N–C) groups is 1. The molecule has 2 aliphatic heterocycles. The van der Waals surface area contributed by atoms with Crippen molar-refractivity contribution < 1.29 is 4.74 Å². The summed E-state index contributed by atoms with van der Waals surface area (Å²) >= 11 is 2.11. The third kappa shape index (κ3) is 6.16. The van der Waals surface area contributed by atoms with E-state index in [0.717, 1.165) is 64.4 Å². The van der Waals surface area contributed by atoms with E-state index in [1.54, 1.807) is 0 Å². The van der Waals surface area contributed by atoms with Crippen molar-refractivity contribution in [3.8, 4) is 0 Å². The van der Waals surface area contributed by atoms with Gasteiger partial charge in [0.1, 0.15) is 0 Å². The lowest BCUT2D eigenvalue weighted by Crippen LogP contribution is -2.50. The number of guanidine groups is 1. The van der Waals surface area contributed by atoms with E-state index in [9.17, 15) is 0 Å². The maximum atomic E-state index is 5.42. The predicted molar refractivity (Wildman–Crippen MR) is 100 cm³/mol. The Morgan fingerprint density at radius 2 is 2.00 bits per heavy atom. The molecule has 0 radical (unpaired) electrons. The molecule has 0 aromatic rings. The molecule has 2 rings (SSSR count). The van der Waals surface area contributed by atoms with E-state index in [1.807, 2.05) is 7.05 Å². The molecule has 1 N–H and O–H groups in total. The highest BCUT2D eigenvalue weighted by atomic mass is 32.2. The topological polar surface area (TPSA) is 40.1 Å². The van der Waals surface area contributed by atoms with Gasteiger partial charge in [-0.25, -0.2) is 0 Å². The molecule has 2 heterocycles. The second-order valence-electron chi connectivity index (χ2n) is 7.05. The Hall–Kier alpha value is -0.460. The van der Waals surface area contributed by atoms with Crippen molar-refractivity contribution >= 4 is 17.7 Å². The zero-order valence-corrected chi connectivity index (χ0v) is 16.1.